The maximum absolute atomic E-state index is 8.36. The van der Waals surface area contributed by atoms with E-state index in [2.05, 4.69) is 25.0 Å². The third-order valence-corrected chi connectivity index (χ3v) is 1.97. The first-order valence-corrected chi connectivity index (χ1v) is 5.08. The molecule has 0 amide bonds. The molecule has 0 saturated heterocycles. The summed E-state index contributed by atoms with van der Waals surface area (Å²) >= 11 is 1.38. The van der Waals surface area contributed by atoms with Crippen molar-refractivity contribution >= 4 is 16.9 Å². The molecular weight excluding hydrogens is 202 g/mol. The minimum atomic E-state index is 0.532. The van der Waals surface area contributed by atoms with E-state index >= 15 is 0 Å². The lowest BCUT2D eigenvalue weighted by Gasteiger charge is -1.97. The van der Waals surface area contributed by atoms with E-state index in [1.165, 1.54) is 18.2 Å². The number of rotatable bonds is 3. The van der Waals surface area contributed by atoms with Crippen molar-refractivity contribution in [3.05, 3.63) is 12.2 Å². The van der Waals surface area contributed by atoms with Crippen molar-refractivity contribution < 1.29 is 4.52 Å². The highest BCUT2D eigenvalue weighted by molar-refractivity contribution is 8.13. The van der Waals surface area contributed by atoms with Gasteiger partial charge in [0.15, 0.2) is 17.2 Å². The second-order valence-corrected chi connectivity index (χ2v) is 3.02. The topological polar surface area (TPSA) is 87.1 Å². The predicted molar refractivity (Wildman–Crippen MR) is 52.6 cm³/mol. The van der Waals surface area contributed by atoms with Crippen molar-refractivity contribution in [3.8, 4) is 6.19 Å². The summed E-state index contributed by atoms with van der Waals surface area (Å²) in [4.78, 5) is 7.98. The van der Waals surface area contributed by atoms with Gasteiger partial charge in [-0.05, 0) is 6.26 Å². The van der Waals surface area contributed by atoms with Crippen LogP contribution in [0.5, 0.6) is 0 Å². The lowest BCUT2D eigenvalue weighted by Crippen LogP contribution is -2.14. The van der Waals surface area contributed by atoms with Crippen molar-refractivity contribution in [2.75, 3.05) is 12.8 Å². The number of hydrogen-bond acceptors (Lipinski definition) is 6. The summed E-state index contributed by atoms with van der Waals surface area (Å²) in [5, 5.41) is 15.1. The molecule has 0 saturated carbocycles. The monoisotopic (exact) mass is 211 g/mol. The summed E-state index contributed by atoms with van der Waals surface area (Å²) < 4.78 is 4.56. The summed E-state index contributed by atoms with van der Waals surface area (Å²) in [7, 11) is 0. The van der Waals surface area contributed by atoms with Gasteiger partial charge in [0, 0.05) is 13.0 Å². The number of aromatic nitrogens is 2. The van der Waals surface area contributed by atoms with E-state index in [4.69, 9.17) is 5.26 Å². The van der Waals surface area contributed by atoms with E-state index < -0.39 is 0 Å². The standard InChI is InChI=1S/C7H9N5OS/c1-14-7(10-4-8)9-3-2-6-11-5-13-12-6/h5H,2-3H2,1H3,(H,9,10). The molecule has 0 aliphatic heterocycles. The van der Waals surface area contributed by atoms with Crippen molar-refractivity contribution in [1.82, 2.24) is 15.5 Å². The largest absolute Gasteiger partial charge is 0.343 e. The third kappa shape index (κ3) is 3.45. The second kappa shape index (κ2) is 5.99. The normalized spacial score (nSPS) is 11.0. The van der Waals surface area contributed by atoms with Crippen molar-refractivity contribution in [2.24, 2.45) is 4.99 Å². The molecule has 14 heavy (non-hydrogen) atoms. The summed E-state index contributed by atoms with van der Waals surface area (Å²) in [6.45, 7) is 0.532. The molecule has 0 unspecified atom stereocenters. The lowest BCUT2D eigenvalue weighted by atomic mass is 10.4. The molecule has 0 atom stereocenters. The van der Waals surface area contributed by atoms with Crippen LogP contribution in [0.1, 0.15) is 5.82 Å². The summed E-state index contributed by atoms with van der Waals surface area (Å²) in [5.41, 5.74) is 0. The minimum absolute atomic E-state index is 0.532. The molecular formula is C7H9N5OS. The van der Waals surface area contributed by atoms with E-state index in [1.807, 2.05) is 12.4 Å². The van der Waals surface area contributed by atoms with Gasteiger partial charge in [-0.1, -0.05) is 16.9 Å². The summed E-state index contributed by atoms with van der Waals surface area (Å²) in [6, 6.07) is 0. The maximum atomic E-state index is 8.36. The molecule has 0 radical (unpaired) electrons. The highest BCUT2D eigenvalue weighted by Crippen LogP contribution is 1.96. The van der Waals surface area contributed by atoms with Crippen LogP contribution in [0.3, 0.4) is 0 Å². The number of aliphatic imine (C=N–C) groups is 1. The Hall–Kier alpha value is -1.55. The predicted octanol–water partition coefficient (Wildman–Crippen LogP) is 0.402. The Balaban J connectivity index is 2.35. The van der Waals surface area contributed by atoms with Crippen LogP contribution in [0.4, 0.5) is 0 Å². The van der Waals surface area contributed by atoms with Crippen LogP contribution in [-0.4, -0.2) is 28.1 Å². The highest BCUT2D eigenvalue weighted by Gasteiger charge is 1.98. The van der Waals surface area contributed by atoms with Gasteiger partial charge in [0.05, 0.1) is 0 Å². The quantitative estimate of drug-likeness (QED) is 0.337. The van der Waals surface area contributed by atoms with Crippen LogP contribution in [0.25, 0.3) is 0 Å². The lowest BCUT2D eigenvalue weighted by molar-refractivity contribution is 0.410. The minimum Gasteiger partial charge on any atom is -0.343 e. The number of nitriles is 1. The van der Waals surface area contributed by atoms with Crippen molar-refractivity contribution in [1.29, 1.82) is 5.26 Å². The fourth-order valence-corrected chi connectivity index (χ4v) is 1.13. The van der Waals surface area contributed by atoms with Gasteiger partial charge in [0.25, 0.3) is 0 Å². The number of amidine groups is 1. The average Bonchev–Trinajstić information content (AvgIpc) is 2.69. The molecule has 7 heteroatoms. The molecule has 0 fully saturated rings. The van der Waals surface area contributed by atoms with Crippen molar-refractivity contribution in [2.45, 2.75) is 6.42 Å². The Labute approximate surface area is 85.4 Å². The van der Waals surface area contributed by atoms with Gasteiger partial charge < -0.3 is 4.52 Å². The Morgan fingerprint density at radius 2 is 2.71 bits per heavy atom. The molecule has 0 aliphatic rings. The first kappa shape index (κ1) is 10.5. The van der Waals surface area contributed by atoms with Gasteiger partial charge in [-0.2, -0.15) is 10.2 Å². The van der Waals surface area contributed by atoms with Gasteiger partial charge >= 0.3 is 0 Å². The molecule has 0 bridgehead atoms. The summed E-state index contributed by atoms with van der Waals surface area (Å²) in [5.74, 6) is 0.617. The van der Waals surface area contributed by atoms with Gasteiger partial charge in [-0.3, -0.25) is 10.3 Å². The average molecular weight is 211 g/mol. The van der Waals surface area contributed by atoms with E-state index in [0.29, 0.717) is 24.0 Å². The van der Waals surface area contributed by atoms with E-state index in [-0.39, 0.29) is 0 Å². The van der Waals surface area contributed by atoms with Crippen molar-refractivity contribution in [3.63, 3.8) is 0 Å². The van der Waals surface area contributed by atoms with E-state index in [1.54, 1.807) is 0 Å². The van der Waals surface area contributed by atoms with Crippen LogP contribution in [0.2, 0.25) is 0 Å². The molecule has 74 valence electrons. The van der Waals surface area contributed by atoms with Crippen LogP contribution in [0.15, 0.2) is 15.9 Å². The molecule has 1 heterocycles. The molecule has 1 N–H and O–H groups in total. The molecule has 0 aromatic carbocycles. The second-order valence-electron chi connectivity index (χ2n) is 2.23. The Morgan fingerprint density at radius 1 is 1.86 bits per heavy atom. The zero-order valence-electron chi connectivity index (χ0n) is 7.60. The van der Waals surface area contributed by atoms with Gasteiger partial charge in [0.2, 0.25) is 6.39 Å². The number of hydrogen-bond donors (Lipinski definition) is 1. The van der Waals surface area contributed by atoms with E-state index in [0.717, 1.165) is 0 Å². The van der Waals surface area contributed by atoms with Crippen LogP contribution >= 0.6 is 11.8 Å². The smallest absolute Gasteiger partial charge is 0.213 e. The molecule has 0 spiro atoms. The van der Waals surface area contributed by atoms with Crippen LogP contribution in [-0.2, 0) is 6.42 Å². The highest BCUT2D eigenvalue weighted by atomic mass is 32.2. The molecule has 0 aliphatic carbocycles. The third-order valence-electron chi connectivity index (χ3n) is 1.35. The molecule has 1 aromatic rings. The molecule has 1 aromatic heterocycles. The van der Waals surface area contributed by atoms with Crippen LogP contribution in [0, 0.1) is 11.5 Å². The SMILES string of the molecule is CSC(=NCCc1ncon1)NC#N. The first-order chi connectivity index (χ1) is 6.86. The van der Waals surface area contributed by atoms with Gasteiger partial charge in [-0.25, -0.2) is 0 Å². The molecule has 1 rings (SSSR count). The van der Waals surface area contributed by atoms with Crippen LogP contribution < -0.4 is 5.32 Å². The fraction of sp³-hybridized carbons (Fsp3) is 0.429. The maximum Gasteiger partial charge on any atom is 0.213 e. The Kier molecular flexibility index (Phi) is 4.50. The zero-order valence-corrected chi connectivity index (χ0v) is 8.41. The van der Waals surface area contributed by atoms with Gasteiger partial charge in [0.1, 0.15) is 0 Å². The van der Waals surface area contributed by atoms with E-state index in [9.17, 15) is 0 Å². The Morgan fingerprint density at radius 3 is 3.29 bits per heavy atom. The first-order valence-electron chi connectivity index (χ1n) is 3.85. The summed E-state index contributed by atoms with van der Waals surface area (Å²) in [6.07, 6.45) is 5.54. The molecule has 6 nitrogen and oxygen atoms in total. The number of nitrogens with one attached hydrogen (secondary N) is 1. The number of nitrogens with zero attached hydrogens (tertiary/aromatic N) is 4. The Bertz CT molecular complexity index is 328. The zero-order chi connectivity index (χ0) is 10.2. The van der Waals surface area contributed by atoms with Gasteiger partial charge in [-0.15, -0.1) is 0 Å². The fourth-order valence-electron chi connectivity index (χ4n) is 0.763. The number of thioether (sulfide) groups is 1.